The Bertz CT molecular complexity index is 448. The fourth-order valence-corrected chi connectivity index (χ4v) is 4.19. The quantitative estimate of drug-likeness (QED) is 0.819. The average molecular weight is 343 g/mol. The molecule has 1 aliphatic heterocycles. The van der Waals surface area contributed by atoms with E-state index in [2.05, 4.69) is 33.4 Å². The van der Waals surface area contributed by atoms with E-state index in [-0.39, 0.29) is 0 Å². The minimum atomic E-state index is 0.313. The summed E-state index contributed by atoms with van der Waals surface area (Å²) in [5, 5.41) is 4.78. The van der Waals surface area contributed by atoms with Crippen LogP contribution in [-0.2, 0) is 6.42 Å². The van der Waals surface area contributed by atoms with Crippen molar-refractivity contribution in [2.45, 2.75) is 50.5 Å². The summed E-state index contributed by atoms with van der Waals surface area (Å²) in [4.78, 5) is 0. The molecule has 3 heteroatoms. The lowest BCUT2D eigenvalue weighted by Gasteiger charge is -2.35. The topological polar surface area (TPSA) is 12.0 Å². The van der Waals surface area contributed by atoms with Gasteiger partial charge in [0, 0.05) is 15.0 Å². The van der Waals surface area contributed by atoms with Crippen LogP contribution < -0.4 is 5.32 Å². The Kier molecular flexibility index (Phi) is 4.21. The summed E-state index contributed by atoms with van der Waals surface area (Å²) in [6.45, 7) is 1.17. The molecule has 0 bridgehead atoms. The van der Waals surface area contributed by atoms with E-state index in [0.29, 0.717) is 5.54 Å². The van der Waals surface area contributed by atoms with Gasteiger partial charge in [0.2, 0.25) is 0 Å². The molecule has 1 saturated carbocycles. The van der Waals surface area contributed by atoms with Crippen molar-refractivity contribution in [3.05, 3.63) is 33.3 Å². The third kappa shape index (κ3) is 3.17. The van der Waals surface area contributed by atoms with Crippen LogP contribution in [0.2, 0.25) is 5.02 Å². The molecule has 19 heavy (non-hydrogen) atoms. The zero-order valence-electron chi connectivity index (χ0n) is 11.2. The first-order chi connectivity index (χ1) is 9.20. The van der Waals surface area contributed by atoms with Crippen molar-refractivity contribution < 1.29 is 0 Å². The summed E-state index contributed by atoms with van der Waals surface area (Å²) < 4.78 is 1.07. The van der Waals surface area contributed by atoms with E-state index in [1.54, 1.807) is 0 Å². The number of hydrogen-bond acceptors (Lipinski definition) is 1. The highest BCUT2D eigenvalue weighted by molar-refractivity contribution is 9.10. The summed E-state index contributed by atoms with van der Waals surface area (Å²) in [7, 11) is 0. The Hall–Kier alpha value is -0.0500. The lowest BCUT2D eigenvalue weighted by Crippen LogP contribution is -2.48. The van der Waals surface area contributed by atoms with Gasteiger partial charge in [-0.25, -0.2) is 0 Å². The second kappa shape index (κ2) is 5.75. The van der Waals surface area contributed by atoms with Crippen LogP contribution in [0.1, 0.15) is 44.1 Å². The van der Waals surface area contributed by atoms with Crippen LogP contribution in [0.25, 0.3) is 0 Å². The molecular weight excluding hydrogens is 322 g/mol. The Morgan fingerprint density at radius 1 is 1.26 bits per heavy atom. The van der Waals surface area contributed by atoms with Crippen LogP contribution in [0.15, 0.2) is 22.7 Å². The fourth-order valence-electron chi connectivity index (χ4n) is 3.45. The van der Waals surface area contributed by atoms with E-state index in [9.17, 15) is 0 Å². The molecule has 1 nitrogen and oxygen atoms in total. The lowest BCUT2D eigenvalue weighted by atomic mass is 9.82. The summed E-state index contributed by atoms with van der Waals surface area (Å²) in [5.74, 6) is 0.866. The second-order valence-corrected chi connectivity index (χ2v) is 7.40. The Balaban J connectivity index is 1.84. The van der Waals surface area contributed by atoms with Gasteiger partial charge >= 0.3 is 0 Å². The van der Waals surface area contributed by atoms with Crippen LogP contribution in [-0.4, -0.2) is 12.1 Å². The van der Waals surface area contributed by atoms with Gasteiger partial charge in [-0.15, -0.1) is 0 Å². The van der Waals surface area contributed by atoms with Crippen molar-refractivity contribution in [3.8, 4) is 0 Å². The standard InChI is InChI=1S/C16H21BrClN/c17-14-7-4-12(15(18)10-14)11-16(13-5-6-13)8-2-1-3-9-19-16/h4,7,10,13,19H,1-3,5-6,8-9,11H2. The van der Waals surface area contributed by atoms with Gasteiger partial charge in [0.15, 0.2) is 0 Å². The van der Waals surface area contributed by atoms with Gasteiger partial charge in [0.05, 0.1) is 0 Å². The zero-order valence-corrected chi connectivity index (χ0v) is 13.6. The maximum Gasteiger partial charge on any atom is 0.0449 e. The fraction of sp³-hybridized carbons (Fsp3) is 0.625. The molecule has 0 aromatic heterocycles. The SMILES string of the molecule is Clc1cc(Br)ccc1CC1(C2CC2)CCCCCN1. The number of nitrogens with one attached hydrogen (secondary N) is 1. The van der Waals surface area contributed by atoms with Gasteiger partial charge in [-0.2, -0.15) is 0 Å². The second-order valence-electron chi connectivity index (χ2n) is 6.08. The van der Waals surface area contributed by atoms with E-state index in [1.807, 2.05) is 6.07 Å². The number of halogens is 2. The van der Waals surface area contributed by atoms with E-state index in [1.165, 1.54) is 50.6 Å². The Morgan fingerprint density at radius 2 is 2.11 bits per heavy atom. The predicted octanol–water partition coefficient (Wildman–Crippen LogP) is 4.96. The van der Waals surface area contributed by atoms with Crippen molar-refractivity contribution in [2.24, 2.45) is 5.92 Å². The average Bonchev–Trinajstić information content (AvgIpc) is 3.19. The molecule has 2 aliphatic rings. The monoisotopic (exact) mass is 341 g/mol. The van der Waals surface area contributed by atoms with Gasteiger partial charge in [-0.3, -0.25) is 0 Å². The molecule has 1 aliphatic carbocycles. The Morgan fingerprint density at radius 3 is 2.84 bits per heavy atom. The zero-order chi connectivity index (χ0) is 13.3. The first kappa shape index (κ1) is 13.9. The van der Waals surface area contributed by atoms with Gasteiger partial charge in [-0.05, 0) is 62.3 Å². The molecule has 104 valence electrons. The lowest BCUT2D eigenvalue weighted by molar-refractivity contribution is 0.271. The summed E-state index contributed by atoms with van der Waals surface area (Å²) in [6.07, 6.45) is 9.23. The summed E-state index contributed by atoms with van der Waals surface area (Å²) in [6, 6.07) is 6.32. The van der Waals surface area contributed by atoms with Gasteiger partial charge in [0.1, 0.15) is 0 Å². The minimum Gasteiger partial charge on any atom is -0.311 e. The molecule has 1 unspecified atom stereocenters. The van der Waals surface area contributed by atoms with Crippen LogP contribution in [0.4, 0.5) is 0 Å². The summed E-state index contributed by atoms with van der Waals surface area (Å²) in [5.41, 5.74) is 1.61. The molecule has 1 saturated heterocycles. The Labute approximate surface area is 129 Å². The largest absolute Gasteiger partial charge is 0.311 e. The number of hydrogen-bond donors (Lipinski definition) is 1. The third-order valence-electron chi connectivity index (χ3n) is 4.66. The maximum atomic E-state index is 6.42. The van der Waals surface area contributed by atoms with Crippen LogP contribution in [0.3, 0.4) is 0 Å². The first-order valence-electron chi connectivity index (χ1n) is 7.39. The molecule has 0 spiro atoms. The highest BCUT2D eigenvalue weighted by atomic mass is 79.9. The van der Waals surface area contributed by atoms with Crippen LogP contribution >= 0.6 is 27.5 Å². The highest BCUT2D eigenvalue weighted by Crippen LogP contribution is 2.45. The molecule has 0 amide bonds. The minimum absolute atomic E-state index is 0.313. The molecule has 1 N–H and O–H groups in total. The molecular formula is C16H21BrClN. The molecule has 1 atom stereocenters. The molecule has 2 fully saturated rings. The third-order valence-corrected chi connectivity index (χ3v) is 5.50. The molecule has 0 radical (unpaired) electrons. The summed E-state index contributed by atoms with van der Waals surface area (Å²) >= 11 is 9.91. The van der Waals surface area contributed by atoms with E-state index < -0.39 is 0 Å². The molecule has 1 aromatic carbocycles. The van der Waals surface area contributed by atoms with Crippen molar-refractivity contribution in [2.75, 3.05) is 6.54 Å². The number of rotatable bonds is 3. The van der Waals surface area contributed by atoms with Crippen LogP contribution in [0, 0.1) is 5.92 Å². The first-order valence-corrected chi connectivity index (χ1v) is 8.56. The molecule has 1 heterocycles. The maximum absolute atomic E-state index is 6.42. The molecule has 1 aromatic rings. The van der Waals surface area contributed by atoms with E-state index >= 15 is 0 Å². The smallest absolute Gasteiger partial charge is 0.0449 e. The van der Waals surface area contributed by atoms with Gasteiger partial charge in [0.25, 0.3) is 0 Å². The normalized spacial score (nSPS) is 28.1. The van der Waals surface area contributed by atoms with Crippen molar-refractivity contribution in [3.63, 3.8) is 0 Å². The van der Waals surface area contributed by atoms with Crippen molar-refractivity contribution in [1.82, 2.24) is 5.32 Å². The van der Waals surface area contributed by atoms with Gasteiger partial charge in [-0.1, -0.05) is 46.4 Å². The number of benzene rings is 1. The van der Waals surface area contributed by atoms with Gasteiger partial charge < -0.3 is 5.32 Å². The van der Waals surface area contributed by atoms with Crippen LogP contribution in [0.5, 0.6) is 0 Å². The molecule has 3 rings (SSSR count). The van der Waals surface area contributed by atoms with E-state index in [0.717, 1.165) is 21.8 Å². The highest BCUT2D eigenvalue weighted by Gasteiger charge is 2.44. The van der Waals surface area contributed by atoms with Crippen molar-refractivity contribution >= 4 is 27.5 Å². The van der Waals surface area contributed by atoms with Crippen molar-refractivity contribution in [1.29, 1.82) is 0 Å². The van der Waals surface area contributed by atoms with E-state index in [4.69, 9.17) is 11.6 Å². The predicted molar refractivity (Wildman–Crippen MR) is 84.8 cm³/mol.